The van der Waals surface area contributed by atoms with Gasteiger partial charge in [0.05, 0.1) is 10.3 Å². The predicted octanol–water partition coefficient (Wildman–Crippen LogP) is 4.50. The zero-order chi connectivity index (χ0) is 16.2. The van der Waals surface area contributed by atoms with Gasteiger partial charge in [-0.25, -0.2) is 8.42 Å². The van der Waals surface area contributed by atoms with Gasteiger partial charge in [0.2, 0.25) is 0 Å². The van der Waals surface area contributed by atoms with Crippen LogP contribution in [0.5, 0.6) is 0 Å². The Hall–Kier alpha value is -0.670. The van der Waals surface area contributed by atoms with Gasteiger partial charge in [-0.3, -0.25) is 0 Å². The van der Waals surface area contributed by atoms with E-state index in [0.29, 0.717) is 17.3 Å². The predicted molar refractivity (Wildman–Crippen MR) is 99.3 cm³/mol. The molecule has 0 unspecified atom stereocenters. The highest BCUT2D eigenvalue weighted by Gasteiger charge is 2.31. The van der Waals surface area contributed by atoms with Crippen LogP contribution in [0.4, 0.5) is 0 Å². The minimum absolute atomic E-state index is 0.357. The molecule has 1 aliphatic rings. The largest absolute Gasteiger partial charge is 0.357 e. The molecule has 0 fully saturated rings. The molecule has 0 amide bonds. The zero-order valence-electron chi connectivity index (χ0n) is 11.8. The number of H-pyrrole nitrogens is 1. The Balaban J connectivity index is 1.72. The Morgan fingerprint density at radius 1 is 1.22 bits per heavy atom. The fraction of sp³-hybridized carbons (Fsp3) is 0.200. The second kappa shape index (κ2) is 5.70. The van der Waals surface area contributed by atoms with E-state index in [2.05, 4.69) is 42.9 Å². The van der Waals surface area contributed by atoms with Crippen molar-refractivity contribution in [2.75, 3.05) is 6.54 Å². The van der Waals surface area contributed by atoms with Crippen molar-refractivity contribution in [3.05, 3.63) is 49.8 Å². The normalized spacial score (nSPS) is 15.9. The number of fused-ring (bicyclic) bond motifs is 3. The molecule has 23 heavy (non-hydrogen) atoms. The Labute approximate surface area is 154 Å². The van der Waals surface area contributed by atoms with E-state index < -0.39 is 10.0 Å². The van der Waals surface area contributed by atoms with Gasteiger partial charge >= 0.3 is 0 Å². The lowest BCUT2D eigenvalue weighted by Gasteiger charge is -2.25. The lowest BCUT2D eigenvalue weighted by atomic mass is 10.1. The molecule has 4 nitrogen and oxygen atoms in total. The summed E-state index contributed by atoms with van der Waals surface area (Å²) in [6.07, 6.45) is 0.728. The van der Waals surface area contributed by atoms with Gasteiger partial charge < -0.3 is 4.98 Å². The van der Waals surface area contributed by atoms with Gasteiger partial charge in [0.15, 0.2) is 0 Å². The SMILES string of the molecule is O=S(=O)(c1cc(Br)c(Br)s1)N1CCc2c([nH]c3ccccc23)C1. The van der Waals surface area contributed by atoms with Crippen LogP contribution in [-0.2, 0) is 23.0 Å². The number of hydrogen-bond donors (Lipinski definition) is 1. The molecule has 1 aromatic carbocycles. The van der Waals surface area contributed by atoms with Crippen LogP contribution in [-0.4, -0.2) is 24.3 Å². The molecular formula is C15H12Br2N2O2S2. The average molecular weight is 476 g/mol. The van der Waals surface area contributed by atoms with Crippen molar-refractivity contribution in [2.45, 2.75) is 17.2 Å². The Kier molecular flexibility index (Phi) is 3.92. The lowest BCUT2D eigenvalue weighted by Crippen LogP contribution is -2.35. The summed E-state index contributed by atoms with van der Waals surface area (Å²) in [5.74, 6) is 0. The third kappa shape index (κ3) is 2.60. The van der Waals surface area contributed by atoms with Gasteiger partial charge in [-0.2, -0.15) is 4.31 Å². The highest BCUT2D eigenvalue weighted by Crippen LogP contribution is 2.37. The summed E-state index contributed by atoms with van der Waals surface area (Å²) in [6, 6.07) is 9.77. The third-order valence-corrected chi connectivity index (χ3v) is 9.61. The van der Waals surface area contributed by atoms with Gasteiger partial charge in [-0.15, -0.1) is 11.3 Å². The quantitative estimate of drug-likeness (QED) is 0.593. The second-order valence-electron chi connectivity index (χ2n) is 5.40. The van der Waals surface area contributed by atoms with Crippen LogP contribution in [0.25, 0.3) is 10.9 Å². The number of aromatic nitrogens is 1. The molecule has 120 valence electrons. The number of nitrogens with zero attached hydrogens (tertiary/aromatic N) is 1. The van der Waals surface area contributed by atoms with Crippen molar-refractivity contribution in [3.8, 4) is 0 Å². The first-order chi connectivity index (χ1) is 11.0. The summed E-state index contributed by atoms with van der Waals surface area (Å²) in [6.45, 7) is 0.893. The Morgan fingerprint density at radius 2 is 2.00 bits per heavy atom. The molecule has 0 bridgehead atoms. The third-order valence-electron chi connectivity index (χ3n) is 4.06. The van der Waals surface area contributed by atoms with Crippen molar-refractivity contribution < 1.29 is 8.42 Å². The van der Waals surface area contributed by atoms with Crippen molar-refractivity contribution >= 4 is 64.1 Å². The Bertz CT molecular complexity index is 988. The molecular weight excluding hydrogens is 464 g/mol. The van der Waals surface area contributed by atoms with Crippen molar-refractivity contribution in [1.29, 1.82) is 0 Å². The monoisotopic (exact) mass is 474 g/mol. The van der Waals surface area contributed by atoms with Crippen LogP contribution in [0, 0.1) is 0 Å². The maximum atomic E-state index is 12.9. The number of benzene rings is 1. The fourth-order valence-corrected chi connectivity index (χ4v) is 7.34. The summed E-state index contributed by atoms with van der Waals surface area (Å²) >= 11 is 7.95. The smallest absolute Gasteiger partial charge is 0.252 e. The summed E-state index contributed by atoms with van der Waals surface area (Å²) < 4.78 is 29.2. The molecule has 8 heteroatoms. The maximum absolute atomic E-state index is 12.9. The van der Waals surface area contributed by atoms with E-state index in [0.717, 1.165) is 25.9 Å². The van der Waals surface area contributed by atoms with E-state index in [4.69, 9.17) is 0 Å². The van der Waals surface area contributed by atoms with Crippen LogP contribution >= 0.6 is 43.2 Å². The van der Waals surface area contributed by atoms with E-state index in [9.17, 15) is 8.42 Å². The number of halogens is 2. The standard InChI is InChI=1S/C15H12Br2N2O2S2/c16-11-7-14(22-15(11)17)23(20,21)19-6-5-10-9-3-1-2-4-12(9)18-13(10)8-19/h1-4,7,18H,5-6,8H2. The van der Waals surface area contributed by atoms with Gasteiger partial charge in [0.1, 0.15) is 4.21 Å². The minimum atomic E-state index is -3.47. The number of nitrogens with one attached hydrogen (secondary N) is 1. The van der Waals surface area contributed by atoms with E-state index in [1.165, 1.54) is 22.3 Å². The van der Waals surface area contributed by atoms with E-state index in [-0.39, 0.29) is 0 Å². The van der Waals surface area contributed by atoms with Gasteiger partial charge in [-0.05, 0) is 56.0 Å². The molecule has 4 rings (SSSR count). The van der Waals surface area contributed by atoms with Crippen LogP contribution in [0.15, 0.2) is 42.8 Å². The number of sulfonamides is 1. The van der Waals surface area contributed by atoms with E-state index in [1.807, 2.05) is 18.2 Å². The van der Waals surface area contributed by atoms with E-state index in [1.54, 1.807) is 10.4 Å². The minimum Gasteiger partial charge on any atom is -0.357 e. The molecule has 0 saturated carbocycles. The summed E-state index contributed by atoms with van der Waals surface area (Å²) in [4.78, 5) is 3.36. The zero-order valence-corrected chi connectivity index (χ0v) is 16.6. The summed E-state index contributed by atoms with van der Waals surface area (Å²) in [5.41, 5.74) is 3.30. The molecule has 1 aliphatic heterocycles. The molecule has 0 aliphatic carbocycles. The molecule has 0 spiro atoms. The Morgan fingerprint density at radius 3 is 2.74 bits per heavy atom. The first-order valence-electron chi connectivity index (χ1n) is 7.00. The molecule has 1 N–H and O–H groups in total. The van der Waals surface area contributed by atoms with Crippen LogP contribution < -0.4 is 0 Å². The van der Waals surface area contributed by atoms with Crippen LogP contribution in [0.2, 0.25) is 0 Å². The number of para-hydroxylation sites is 1. The first-order valence-corrected chi connectivity index (χ1v) is 10.8. The van der Waals surface area contributed by atoms with Crippen LogP contribution in [0.1, 0.15) is 11.3 Å². The molecule has 2 aromatic heterocycles. The van der Waals surface area contributed by atoms with Crippen molar-refractivity contribution in [1.82, 2.24) is 9.29 Å². The number of thiophene rings is 1. The molecule has 3 aromatic rings. The molecule has 3 heterocycles. The molecule has 0 saturated heterocycles. The number of hydrogen-bond acceptors (Lipinski definition) is 3. The van der Waals surface area contributed by atoms with Crippen LogP contribution in [0.3, 0.4) is 0 Å². The maximum Gasteiger partial charge on any atom is 0.252 e. The van der Waals surface area contributed by atoms with Crippen molar-refractivity contribution in [3.63, 3.8) is 0 Å². The van der Waals surface area contributed by atoms with E-state index >= 15 is 0 Å². The summed E-state index contributed by atoms with van der Waals surface area (Å²) in [5, 5.41) is 1.20. The molecule has 0 radical (unpaired) electrons. The summed E-state index contributed by atoms with van der Waals surface area (Å²) in [7, 11) is -3.47. The van der Waals surface area contributed by atoms with Gasteiger partial charge in [-0.1, -0.05) is 18.2 Å². The van der Waals surface area contributed by atoms with Gasteiger partial charge in [0, 0.05) is 27.6 Å². The second-order valence-corrected chi connectivity index (χ2v) is 10.8. The first kappa shape index (κ1) is 15.8. The fourth-order valence-electron chi connectivity index (χ4n) is 2.95. The topological polar surface area (TPSA) is 53.2 Å². The number of rotatable bonds is 2. The average Bonchev–Trinajstić information content (AvgIpc) is 3.07. The number of aromatic amines is 1. The van der Waals surface area contributed by atoms with Gasteiger partial charge in [0.25, 0.3) is 10.0 Å². The highest BCUT2D eigenvalue weighted by molar-refractivity contribution is 9.13. The van der Waals surface area contributed by atoms with Crippen molar-refractivity contribution in [2.24, 2.45) is 0 Å². The highest BCUT2D eigenvalue weighted by atomic mass is 79.9. The lowest BCUT2D eigenvalue weighted by molar-refractivity contribution is 0.389. The molecule has 0 atom stereocenters.